The van der Waals surface area contributed by atoms with E-state index >= 15 is 0 Å². The van der Waals surface area contributed by atoms with Crippen LogP contribution in [0.3, 0.4) is 0 Å². The van der Waals surface area contributed by atoms with Crippen LogP contribution in [-0.2, 0) is 4.79 Å². The van der Waals surface area contributed by atoms with Gasteiger partial charge in [-0.2, -0.15) is 0 Å². The summed E-state index contributed by atoms with van der Waals surface area (Å²) in [5.74, 6) is -0.960. The first kappa shape index (κ1) is 19.6. The molecule has 0 aliphatic rings. The Labute approximate surface area is 153 Å². The Morgan fingerprint density at radius 2 is 1.69 bits per heavy atom. The van der Waals surface area contributed by atoms with Crippen LogP contribution in [0.1, 0.15) is 60.3 Å². The summed E-state index contributed by atoms with van der Waals surface area (Å²) in [6.07, 6.45) is 4.66. The topological polar surface area (TPSA) is 97.1 Å². The van der Waals surface area contributed by atoms with E-state index in [1.165, 1.54) is 0 Å². The molecule has 1 heterocycles. The van der Waals surface area contributed by atoms with Crippen molar-refractivity contribution in [2.45, 2.75) is 52.4 Å². The van der Waals surface area contributed by atoms with Crippen LogP contribution in [0.4, 0.5) is 0 Å². The fraction of sp³-hybridized carbons (Fsp3) is 0.474. The van der Waals surface area contributed by atoms with Gasteiger partial charge >= 0.3 is 5.97 Å². The highest BCUT2D eigenvalue weighted by atomic mass is 16.4. The largest absolute Gasteiger partial charge is 0.481 e. The van der Waals surface area contributed by atoms with Gasteiger partial charge in [-0.25, -0.2) is 4.68 Å². The standard InChI is InChI=1S/C19H26N4O3/c1-14-9-11-16(12-10-14)23-15(2)18(21-22-23)19(26)20-13-7-5-3-4-6-8-17(24)25/h9-12H,3-8,13H2,1-2H3,(H,20,26)(H,24,25). The number of carbonyl (C=O) groups excluding carboxylic acids is 1. The van der Waals surface area contributed by atoms with Crippen LogP contribution < -0.4 is 5.32 Å². The van der Waals surface area contributed by atoms with Crippen LogP contribution in [0.2, 0.25) is 0 Å². The van der Waals surface area contributed by atoms with Gasteiger partial charge in [-0.15, -0.1) is 5.10 Å². The monoisotopic (exact) mass is 358 g/mol. The number of amides is 1. The summed E-state index contributed by atoms with van der Waals surface area (Å²) in [7, 11) is 0. The Morgan fingerprint density at radius 3 is 2.38 bits per heavy atom. The maximum atomic E-state index is 12.3. The number of carbonyl (C=O) groups is 2. The van der Waals surface area contributed by atoms with Crippen molar-refractivity contribution in [3.63, 3.8) is 0 Å². The van der Waals surface area contributed by atoms with E-state index in [9.17, 15) is 9.59 Å². The first-order chi connectivity index (χ1) is 12.5. The number of aromatic nitrogens is 3. The molecule has 1 aromatic carbocycles. The first-order valence-corrected chi connectivity index (χ1v) is 8.98. The minimum atomic E-state index is -0.744. The van der Waals surface area contributed by atoms with E-state index in [0.29, 0.717) is 24.4 Å². The van der Waals surface area contributed by atoms with E-state index in [-0.39, 0.29) is 12.3 Å². The van der Waals surface area contributed by atoms with E-state index in [2.05, 4.69) is 15.6 Å². The highest BCUT2D eigenvalue weighted by Crippen LogP contribution is 2.13. The smallest absolute Gasteiger partial charge is 0.303 e. The van der Waals surface area contributed by atoms with Gasteiger partial charge in [0.1, 0.15) is 0 Å². The molecule has 1 aromatic heterocycles. The fourth-order valence-electron chi connectivity index (χ4n) is 2.69. The zero-order valence-corrected chi connectivity index (χ0v) is 15.4. The number of rotatable bonds is 10. The van der Waals surface area contributed by atoms with Crippen LogP contribution in [-0.4, -0.2) is 38.5 Å². The fourth-order valence-corrected chi connectivity index (χ4v) is 2.69. The minimum Gasteiger partial charge on any atom is -0.481 e. The zero-order valence-electron chi connectivity index (χ0n) is 15.4. The maximum Gasteiger partial charge on any atom is 0.303 e. The molecule has 0 atom stereocenters. The van der Waals surface area contributed by atoms with Crippen molar-refractivity contribution in [1.29, 1.82) is 0 Å². The van der Waals surface area contributed by atoms with E-state index < -0.39 is 5.97 Å². The molecular weight excluding hydrogens is 332 g/mol. The molecule has 0 aliphatic heterocycles. The number of aryl methyl sites for hydroxylation is 1. The Kier molecular flexibility index (Phi) is 7.32. The summed E-state index contributed by atoms with van der Waals surface area (Å²) in [6, 6.07) is 7.88. The molecule has 0 unspecified atom stereocenters. The summed E-state index contributed by atoms with van der Waals surface area (Å²) in [4.78, 5) is 22.7. The molecule has 7 nitrogen and oxygen atoms in total. The Hall–Kier alpha value is -2.70. The van der Waals surface area contributed by atoms with Crippen LogP contribution in [0, 0.1) is 13.8 Å². The lowest BCUT2D eigenvalue weighted by Gasteiger charge is -2.05. The summed E-state index contributed by atoms with van der Waals surface area (Å²) in [5.41, 5.74) is 3.08. The van der Waals surface area contributed by atoms with Crippen LogP contribution in [0.15, 0.2) is 24.3 Å². The van der Waals surface area contributed by atoms with Gasteiger partial charge in [0, 0.05) is 13.0 Å². The first-order valence-electron chi connectivity index (χ1n) is 8.98. The molecule has 0 radical (unpaired) electrons. The van der Waals surface area contributed by atoms with Crippen LogP contribution in [0.25, 0.3) is 5.69 Å². The third kappa shape index (κ3) is 5.68. The number of hydrogen-bond donors (Lipinski definition) is 2. The lowest BCUT2D eigenvalue weighted by molar-refractivity contribution is -0.137. The van der Waals surface area contributed by atoms with Crippen molar-refractivity contribution in [3.05, 3.63) is 41.2 Å². The van der Waals surface area contributed by atoms with Crippen molar-refractivity contribution < 1.29 is 14.7 Å². The molecule has 2 rings (SSSR count). The van der Waals surface area contributed by atoms with Crippen molar-refractivity contribution in [3.8, 4) is 5.69 Å². The molecule has 0 aliphatic carbocycles. The summed E-state index contributed by atoms with van der Waals surface area (Å²) >= 11 is 0. The van der Waals surface area contributed by atoms with Gasteiger partial charge in [0.2, 0.25) is 0 Å². The lowest BCUT2D eigenvalue weighted by Crippen LogP contribution is -2.25. The second-order valence-electron chi connectivity index (χ2n) is 6.44. The molecule has 1 amide bonds. The number of hydrogen-bond acceptors (Lipinski definition) is 4. The average Bonchev–Trinajstić information content (AvgIpc) is 2.99. The molecule has 0 bridgehead atoms. The number of unbranched alkanes of at least 4 members (excludes halogenated alkanes) is 4. The van der Waals surface area contributed by atoms with E-state index in [1.54, 1.807) is 4.68 Å². The third-order valence-corrected chi connectivity index (χ3v) is 4.24. The number of aliphatic carboxylic acids is 1. The molecule has 0 saturated carbocycles. The molecule has 0 spiro atoms. The molecule has 2 aromatic rings. The number of carboxylic acids is 1. The zero-order chi connectivity index (χ0) is 18.9. The van der Waals surface area contributed by atoms with E-state index in [4.69, 9.17) is 5.11 Å². The van der Waals surface area contributed by atoms with Crippen molar-refractivity contribution >= 4 is 11.9 Å². The van der Waals surface area contributed by atoms with Gasteiger partial charge in [-0.05, 0) is 38.8 Å². The highest BCUT2D eigenvalue weighted by Gasteiger charge is 2.16. The number of nitrogens with zero attached hydrogens (tertiary/aromatic N) is 3. The second kappa shape index (κ2) is 9.70. The quantitative estimate of drug-likeness (QED) is 0.636. The Bertz CT molecular complexity index is 738. The van der Waals surface area contributed by atoms with Gasteiger partial charge in [-0.1, -0.05) is 42.2 Å². The summed E-state index contributed by atoms with van der Waals surface area (Å²) in [6.45, 7) is 4.43. The highest BCUT2D eigenvalue weighted by molar-refractivity contribution is 5.93. The predicted molar refractivity (Wildman–Crippen MR) is 98.5 cm³/mol. The summed E-state index contributed by atoms with van der Waals surface area (Å²) in [5, 5.41) is 19.5. The second-order valence-corrected chi connectivity index (χ2v) is 6.44. The molecule has 140 valence electrons. The number of nitrogens with one attached hydrogen (secondary N) is 1. The summed E-state index contributed by atoms with van der Waals surface area (Å²) < 4.78 is 1.66. The maximum absolute atomic E-state index is 12.3. The number of carboxylic acid groups (broad SMARTS) is 1. The lowest BCUT2D eigenvalue weighted by atomic mass is 10.1. The van der Waals surface area contributed by atoms with Gasteiger partial charge in [-0.3, -0.25) is 9.59 Å². The van der Waals surface area contributed by atoms with Gasteiger partial charge in [0.25, 0.3) is 5.91 Å². The van der Waals surface area contributed by atoms with Crippen LogP contribution in [0.5, 0.6) is 0 Å². The minimum absolute atomic E-state index is 0.216. The molecular formula is C19H26N4O3. The van der Waals surface area contributed by atoms with E-state index in [1.807, 2.05) is 38.1 Å². The van der Waals surface area contributed by atoms with E-state index in [0.717, 1.165) is 36.9 Å². The molecule has 0 saturated heterocycles. The van der Waals surface area contributed by atoms with Crippen molar-refractivity contribution in [1.82, 2.24) is 20.3 Å². The Morgan fingerprint density at radius 1 is 1.04 bits per heavy atom. The molecule has 0 fully saturated rings. The van der Waals surface area contributed by atoms with Crippen molar-refractivity contribution in [2.75, 3.05) is 6.54 Å². The molecule has 7 heteroatoms. The number of benzene rings is 1. The third-order valence-electron chi connectivity index (χ3n) is 4.24. The molecule has 26 heavy (non-hydrogen) atoms. The van der Waals surface area contributed by atoms with Gasteiger partial charge in [0.15, 0.2) is 5.69 Å². The average molecular weight is 358 g/mol. The SMILES string of the molecule is Cc1ccc(-n2nnc(C(=O)NCCCCCCCC(=O)O)c2C)cc1. The van der Waals surface area contributed by atoms with Crippen molar-refractivity contribution in [2.24, 2.45) is 0 Å². The predicted octanol–water partition coefficient (Wildman–Crippen LogP) is 3.04. The van der Waals surface area contributed by atoms with Crippen LogP contribution >= 0.6 is 0 Å². The van der Waals surface area contributed by atoms with Gasteiger partial charge < -0.3 is 10.4 Å². The Balaban J connectivity index is 1.76. The normalized spacial score (nSPS) is 10.7. The van der Waals surface area contributed by atoms with Gasteiger partial charge in [0.05, 0.1) is 11.4 Å². The molecule has 2 N–H and O–H groups in total.